The number of anilines is 1. The van der Waals surface area contributed by atoms with Gasteiger partial charge in [0.1, 0.15) is 12.1 Å². The summed E-state index contributed by atoms with van der Waals surface area (Å²) < 4.78 is 0. The largest absolute Gasteiger partial charge is 0.480 e. The van der Waals surface area contributed by atoms with E-state index in [1.54, 1.807) is 52.1 Å². The standard InChI is InChI=1S/C23H33N5O6/c1-13(2)19(26-20(30)14(3)24-5)22(32)28-11-10-27(12-18(28)23(33)34)21(31)16-6-8-17(9-7-16)25-15(4)29/h6-9,13-14,18-19,24H,10-12H2,1-5H3,(H,25,29)(H,26,30)(H,33,34)/t14-,18-,19-/m0/s1. The van der Waals surface area contributed by atoms with Crippen molar-refractivity contribution in [2.24, 2.45) is 5.92 Å². The SMILES string of the molecule is CN[C@@H](C)C(=O)N[C@H](C(=O)N1CCN(C(=O)c2ccc(NC(C)=O)cc2)C[C@H]1C(=O)O)C(C)C. The molecule has 0 unspecified atom stereocenters. The molecule has 0 radical (unpaired) electrons. The van der Waals surface area contributed by atoms with Crippen molar-refractivity contribution in [3.8, 4) is 0 Å². The maximum atomic E-state index is 13.3. The molecule has 0 bridgehead atoms. The van der Waals surface area contributed by atoms with Crippen LogP contribution >= 0.6 is 0 Å². The van der Waals surface area contributed by atoms with E-state index in [0.717, 1.165) is 0 Å². The number of hydrogen-bond acceptors (Lipinski definition) is 6. The van der Waals surface area contributed by atoms with Crippen LogP contribution in [0.2, 0.25) is 0 Å². The van der Waals surface area contributed by atoms with E-state index in [2.05, 4.69) is 16.0 Å². The number of nitrogens with zero attached hydrogens (tertiary/aromatic N) is 2. The Labute approximate surface area is 198 Å². The number of carbonyl (C=O) groups excluding carboxylic acids is 4. The molecule has 0 aromatic heterocycles. The predicted octanol–water partition coefficient (Wildman–Crippen LogP) is 0.131. The van der Waals surface area contributed by atoms with Gasteiger partial charge in [-0.2, -0.15) is 0 Å². The van der Waals surface area contributed by atoms with Crippen LogP contribution in [0.1, 0.15) is 38.1 Å². The van der Waals surface area contributed by atoms with Crippen LogP contribution in [0.3, 0.4) is 0 Å². The molecule has 1 fully saturated rings. The fourth-order valence-electron chi connectivity index (χ4n) is 3.63. The minimum atomic E-state index is -1.25. The van der Waals surface area contributed by atoms with Crippen molar-refractivity contribution in [3.05, 3.63) is 29.8 Å². The minimum absolute atomic E-state index is 0.0200. The van der Waals surface area contributed by atoms with Crippen LogP contribution in [-0.2, 0) is 19.2 Å². The molecule has 0 spiro atoms. The summed E-state index contributed by atoms with van der Waals surface area (Å²) >= 11 is 0. The van der Waals surface area contributed by atoms with E-state index in [1.807, 2.05) is 0 Å². The molecule has 1 aliphatic heterocycles. The molecule has 4 N–H and O–H groups in total. The van der Waals surface area contributed by atoms with E-state index in [4.69, 9.17) is 0 Å². The Hall–Kier alpha value is -3.47. The van der Waals surface area contributed by atoms with Crippen molar-refractivity contribution in [2.75, 3.05) is 32.0 Å². The summed E-state index contributed by atoms with van der Waals surface area (Å²) in [5, 5.41) is 17.9. The monoisotopic (exact) mass is 475 g/mol. The van der Waals surface area contributed by atoms with Gasteiger partial charge in [-0.05, 0) is 44.2 Å². The van der Waals surface area contributed by atoms with Crippen LogP contribution in [0.5, 0.6) is 0 Å². The van der Waals surface area contributed by atoms with Crippen LogP contribution < -0.4 is 16.0 Å². The summed E-state index contributed by atoms with van der Waals surface area (Å²) in [6, 6.07) is 3.62. The highest BCUT2D eigenvalue weighted by Crippen LogP contribution is 2.18. The molecule has 1 aliphatic rings. The van der Waals surface area contributed by atoms with E-state index in [0.29, 0.717) is 11.3 Å². The smallest absolute Gasteiger partial charge is 0.328 e. The number of carbonyl (C=O) groups is 5. The number of piperazine rings is 1. The number of benzene rings is 1. The second-order valence-electron chi connectivity index (χ2n) is 8.64. The third-order valence-corrected chi connectivity index (χ3v) is 5.74. The van der Waals surface area contributed by atoms with Gasteiger partial charge in [-0.3, -0.25) is 19.2 Å². The molecule has 1 aromatic carbocycles. The van der Waals surface area contributed by atoms with Crippen molar-refractivity contribution in [3.63, 3.8) is 0 Å². The first kappa shape index (κ1) is 26.8. The predicted molar refractivity (Wildman–Crippen MR) is 125 cm³/mol. The minimum Gasteiger partial charge on any atom is -0.480 e. The molecule has 4 amide bonds. The number of amides is 4. The first-order chi connectivity index (χ1) is 16.0. The summed E-state index contributed by atoms with van der Waals surface area (Å²) in [4.78, 5) is 64.3. The van der Waals surface area contributed by atoms with Crippen molar-refractivity contribution < 1.29 is 29.1 Å². The summed E-state index contributed by atoms with van der Waals surface area (Å²) in [6.45, 7) is 6.56. The summed E-state index contributed by atoms with van der Waals surface area (Å²) in [5.41, 5.74) is 0.878. The average Bonchev–Trinajstić information content (AvgIpc) is 2.80. The summed E-state index contributed by atoms with van der Waals surface area (Å²) in [6.07, 6.45) is 0. The first-order valence-corrected chi connectivity index (χ1v) is 11.1. The van der Waals surface area contributed by atoms with Gasteiger partial charge < -0.3 is 30.9 Å². The third-order valence-electron chi connectivity index (χ3n) is 5.74. The van der Waals surface area contributed by atoms with E-state index in [1.165, 1.54) is 16.7 Å². The normalized spacial score (nSPS) is 17.6. The van der Waals surface area contributed by atoms with Gasteiger partial charge in [0.25, 0.3) is 5.91 Å². The van der Waals surface area contributed by atoms with E-state index >= 15 is 0 Å². The zero-order valence-electron chi connectivity index (χ0n) is 20.1. The van der Waals surface area contributed by atoms with Gasteiger partial charge in [-0.25, -0.2) is 4.79 Å². The lowest BCUT2D eigenvalue weighted by Crippen LogP contribution is -2.64. The second-order valence-corrected chi connectivity index (χ2v) is 8.64. The van der Waals surface area contributed by atoms with Gasteiger partial charge in [0.05, 0.1) is 12.6 Å². The topological polar surface area (TPSA) is 148 Å². The molecule has 3 atom stereocenters. The van der Waals surface area contributed by atoms with Crippen molar-refractivity contribution in [2.45, 2.75) is 45.8 Å². The molecule has 11 heteroatoms. The number of nitrogens with one attached hydrogen (secondary N) is 3. The Morgan fingerprint density at radius 1 is 1.03 bits per heavy atom. The van der Waals surface area contributed by atoms with Gasteiger partial charge in [0, 0.05) is 31.3 Å². The Bertz CT molecular complexity index is 932. The lowest BCUT2D eigenvalue weighted by molar-refractivity contribution is -0.155. The van der Waals surface area contributed by atoms with Gasteiger partial charge >= 0.3 is 5.97 Å². The quantitative estimate of drug-likeness (QED) is 0.418. The number of hydrogen-bond donors (Lipinski definition) is 4. The van der Waals surface area contributed by atoms with Crippen molar-refractivity contribution >= 4 is 35.3 Å². The highest BCUT2D eigenvalue weighted by molar-refractivity contribution is 5.97. The van der Waals surface area contributed by atoms with Crippen LogP contribution in [0, 0.1) is 5.92 Å². The van der Waals surface area contributed by atoms with E-state index < -0.39 is 30.0 Å². The fourth-order valence-corrected chi connectivity index (χ4v) is 3.63. The van der Waals surface area contributed by atoms with Crippen LogP contribution in [0.4, 0.5) is 5.69 Å². The fraction of sp³-hybridized carbons (Fsp3) is 0.522. The molecular formula is C23H33N5O6. The number of rotatable bonds is 8. The first-order valence-electron chi connectivity index (χ1n) is 11.1. The molecule has 1 saturated heterocycles. The number of carboxylic acid groups (broad SMARTS) is 1. The Kier molecular flexibility index (Phi) is 9.13. The molecule has 186 valence electrons. The molecule has 0 saturated carbocycles. The highest BCUT2D eigenvalue weighted by atomic mass is 16.4. The van der Waals surface area contributed by atoms with Gasteiger partial charge in [-0.1, -0.05) is 13.8 Å². The molecule has 11 nitrogen and oxygen atoms in total. The zero-order valence-corrected chi connectivity index (χ0v) is 20.1. The molecule has 2 rings (SSSR count). The Morgan fingerprint density at radius 3 is 2.15 bits per heavy atom. The van der Waals surface area contributed by atoms with Crippen LogP contribution in [-0.4, -0.2) is 89.3 Å². The third kappa shape index (κ3) is 6.53. The second kappa shape index (κ2) is 11.6. The lowest BCUT2D eigenvalue weighted by atomic mass is 10.00. The van der Waals surface area contributed by atoms with Gasteiger partial charge in [0.15, 0.2) is 0 Å². The maximum Gasteiger partial charge on any atom is 0.328 e. The van der Waals surface area contributed by atoms with E-state index in [-0.39, 0.29) is 43.3 Å². The van der Waals surface area contributed by atoms with E-state index in [9.17, 15) is 29.1 Å². The Balaban J connectivity index is 2.16. The summed E-state index contributed by atoms with van der Waals surface area (Å²) in [7, 11) is 1.63. The molecule has 1 heterocycles. The number of aliphatic carboxylic acids is 1. The Morgan fingerprint density at radius 2 is 1.65 bits per heavy atom. The van der Waals surface area contributed by atoms with Crippen molar-refractivity contribution in [1.29, 1.82) is 0 Å². The van der Waals surface area contributed by atoms with Gasteiger partial charge in [-0.15, -0.1) is 0 Å². The van der Waals surface area contributed by atoms with Crippen molar-refractivity contribution in [1.82, 2.24) is 20.4 Å². The average molecular weight is 476 g/mol. The van der Waals surface area contributed by atoms with Crippen LogP contribution in [0.15, 0.2) is 24.3 Å². The molecule has 34 heavy (non-hydrogen) atoms. The van der Waals surface area contributed by atoms with Crippen LogP contribution in [0.25, 0.3) is 0 Å². The molecule has 0 aliphatic carbocycles. The van der Waals surface area contributed by atoms with Gasteiger partial charge in [0.2, 0.25) is 17.7 Å². The molecule has 1 aromatic rings. The zero-order chi connectivity index (χ0) is 25.6. The summed E-state index contributed by atoms with van der Waals surface area (Å²) in [5.74, 6) is -2.96. The molecular weight excluding hydrogens is 442 g/mol. The number of likely N-dealkylation sites (N-methyl/N-ethyl adjacent to an activating group) is 1. The highest BCUT2D eigenvalue weighted by Gasteiger charge is 2.40. The lowest BCUT2D eigenvalue weighted by Gasteiger charge is -2.41. The maximum absolute atomic E-state index is 13.3. The number of carboxylic acids is 1.